The van der Waals surface area contributed by atoms with Crippen LogP contribution >= 0.6 is 0 Å². The van der Waals surface area contributed by atoms with Gasteiger partial charge in [0, 0.05) is 6.04 Å². The molecule has 7 heteroatoms. The normalized spacial score (nSPS) is 16.9. The number of fused-ring (bicyclic) bond motifs is 1. The fourth-order valence-electron chi connectivity index (χ4n) is 1.87. The monoisotopic (exact) mass is 274 g/mol. The summed E-state index contributed by atoms with van der Waals surface area (Å²) in [6.07, 6.45) is -5.47. The van der Waals surface area contributed by atoms with Gasteiger partial charge < -0.3 is 15.8 Å². The SMILES string of the molecule is NC(CC(F)(F)F)c1ccc2c(c1)C(=O)NCCO2. The lowest BCUT2D eigenvalue weighted by Gasteiger charge is -2.16. The summed E-state index contributed by atoms with van der Waals surface area (Å²) in [7, 11) is 0. The molecule has 0 aliphatic carbocycles. The van der Waals surface area contributed by atoms with E-state index in [0.717, 1.165) is 0 Å². The molecule has 0 fully saturated rings. The number of nitrogens with one attached hydrogen (secondary N) is 1. The number of carbonyl (C=O) groups is 1. The van der Waals surface area contributed by atoms with E-state index >= 15 is 0 Å². The second-order valence-corrected chi connectivity index (χ2v) is 4.29. The first-order valence-corrected chi connectivity index (χ1v) is 5.74. The molecule has 1 heterocycles. The smallest absolute Gasteiger partial charge is 0.390 e. The van der Waals surface area contributed by atoms with E-state index in [1.165, 1.54) is 18.2 Å². The fraction of sp³-hybridized carbons (Fsp3) is 0.417. The van der Waals surface area contributed by atoms with Gasteiger partial charge in [0.15, 0.2) is 0 Å². The third-order valence-corrected chi connectivity index (χ3v) is 2.77. The molecule has 0 spiro atoms. The fourth-order valence-corrected chi connectivity index (χ4v) is 1.87. The summed E-state index contributed by atoms with van der Waals surface area (Å²) in [4.78, 5) is 11.7. The van der Waals surface area contributed by atoms with Gasteiger partial charge >= 0.3 is 6.18 Å². The summed E-state index contributed by atoms with van der Waals surface area (Å²) < 4.78 is 42.2. The standard InChI is InChI=1S/C12H13F3N2O2/c13-12(14,15)6-9(16)7-1-2-10-8(5-7)11(18)17-3-4-19-10/h1-2,5,9H,3-4,6,16H2,(H,17,18). The van der Waals surface area contributed by atoms with Crippen molar-refractivity contribution in [2.45, 2.75) is 18.6 Å². The average molecular weight is 274 g/mol. The summed E-state index contributed by atoms with van der Waals surface area (Å²) >= 11 is 0. The van der Waals surface area contributed by atoms with E-state index in [9.17, 15) is 18.0 Å². The molecule has 2 rings (SSSR count). The molecule has 4 nitrogen and oxygen atoms in total. The number of nitrogens with two attached hydrogens (primary N) is 1. The van der Waals surface area contributed by atoms with Crippen LogP contribution in [-0.4, -0.2) is 25.2 Å². The van der Waals surface area contributed by atoms with E-state index in [4.69, 9.17) is 10.5 Å². The molecular formula is C12H13F3N2O2. The maximum absolute atomic E-state index is 12.3. The molecule has 0 saturated carbocycles. The third kappa shape index (κ3) is 3.37. The summed E-state index contributed by atoms with van der Waals surface area (Å²) in [5.41, 5.74) is 5.98. The molecule has 0 radical (unpaired) electrons. The van der Waals surface area contributed by atoms with Gasteiger partial charge in [-0.2, -0.15) is 13.2 Å². The molecule has 104 valence electrons. The van der Waals surface area contributed by atoms with Crippen LogP contribution in [0.15, 0.2) is 18.2 Å². The van der Waals surface area contributed by atoms with Crippen LogP contribution in [0.25, 0.3) is 0 Å². The van der Waals surface area contributed by atoms with Gasteiger partial charge in [-0.25, -0.2) is 0 Å². The predicted molar refractivity (Wildman–Crippen MR) is 61.9 cm³/mol. The first kappa shape index (κ1) is 13.7. The molecule has 1 aliphatic heterocycles. The highest BCUT2D eigenvalue weighted by atomic mass is 19.4. The zero-order chi connectivity index (χ0) is 14.0. The highest BCUT2D eigenvalue weighted by molar-refractivity contribution is 5.97. The Morgan fingerprint density at radius 2 is 2.16 bits per heavy atom. The van der Waals surface area contributed by atoms with E-state index in [1.54, 1.807) is 0 Å². The van der Waals surface area contributed by atoms with Crippen molar-refractivity contribution in [3.63, 3.8) is 0 Å². The topological polar surface area (TPSA) is 64.4 Å². The minimum Gasteiger partial charge on any atom is -0.491 e. The molecule has 0 bridgehead atoms. The number of hydrogen-bond acceptors (Lipinski definition) is 3. The van der Waals surface area contributed by atoms with E-state index in [0.29, 0.717) is 18.9 Å². The number of benzene rings is 1. The average Bonchev–Trinajstić information content (AvgIpc) is 2.49. The van der Waals surface area contributed by atoms with E-state index in [1.807, 2.05) is 0 Å². The maximum Gasteiger partial charge on any atom is 0.390 e. The van der Waals surface area contributed by atoms with Crippen LogP contribution in [0, 0.1) is 0 Å². The number of alkyl halides is 3. The third-order valence-electron chi connectivity index (χ3n) is 2.77. The van der Waals surface area contributed by atoms with Gasteiger partial charge in [0.25, 0.3) is 5.91 Å². The van der Waals surface area contributed by atoms with Crippen LogP contribution in [0.1, 0.15) is 28.4 Å². The Bertz CT molecular complexity index is 488. The molecule has 1 aliphatic rings. The number of halogens is 3. The van der Waals surface area contributed by atoms with Crippen molar-refractivity contribution in [3.8, 4) is 5.75 Å². The second kappa shape index (κ2) is 5.08. The quantitative estimate of drug-likeness (QED) is 0.863. The van der Waals surface area contributed by atoms with Gasteiger partial charge in [-0.3, -0.25) is 4.79 Å². The summed E-state index contributed by atoms with van der Waals surface area (Å²) in [6.45, 7) is 0.685. The number of ether oxygens (including phenoxy) is 1. The van der Waals surface area contributed by atoms with Crippen molar-refractivity contribution in [3.05, 3.63) is 29.3 Å². The molecule has 0 saturated heterocycles. The molecule has 19 heavy (non-hydrogen) atoms. The Labute approximate surface area is 107 Å². The van der Waals surface area contributed by atoms with Crippen LogP contribution in [0.2, 0.25) is 0 Å². The number of rotatable bonds is 2. The Kier molecular flexibility index (Phi) is 3.66. The van der Waals surface area contributed by atoms with Crippen molar-refractivity contribution in [1.29, 1.82) is 0 Å². The Morgan fingerprint density at radius 1 is 1.42 bits per heavy atom. The van der Waals surface area contributed by atoms with Crippen LogP contribution in [-0.2, 0) is 0 Å². The van der Waals surface area contributed by atoms with Crippen molar-refractivity contribution >= 4 is 5.91 Å². The minimum absolute atomic E-state index is 0.215. The molecule has 1 atom stereocenters. The van der Waals surface area contributed by atoms with Crippen molar-refractivity contribution < 1.29 is 22.7 Å². The van der Waals surface area contributed by atoms with Gasteiger partial charge in [-0.1, -0.05) is 6.07 Å². The largest absolute Gasteiger partial charge is 0.491 e. The van der Waals surface area contributed by atoms with Crippen molar-refractivity contribution in [1.82, 2.24) is 5.32 Å². The van der Waals surface area contributed by atoms with Gasteiger partial charge in [0.1, 0.15) is 12.4 Å². The number of amides is 1. The van der Waals surface area contributed by atoms with Gasteiger partial charge in [0.05, 0.1) is 18.5 Å². The van der Waals surface area contributed by atoms with Crippen molar-refractivity contribution in [2.24, 2.45) is 5.73 Å². The predicted octanol–water partition coefficient (Wildman–Crippen LogP) is 1.76. The molecule has 1 unspecified atom stereocenters. The summed E-state index contributed by atoms with van der Waals surface area (Å²) in [6, 6.07) is 3.09. The van der Waals surface area contributed by atoms with E-state index in [2.05, 4.69) is 5.32 Å². The molecular weight excluding hydrogens is 261 g/mol. The maximum atomic E-state index is 12.3. The molecule has 0 aromatic heterocycles. The highest BCUT2D eigenvalue weighted by Crippen LogP contribution is 2.30. The first-order chi connectivity index (χ1) is 8.87. The summed E-state index contributed by atoms with van der Waals surface area (Å²) in [5.74, 6) is -0.00785. The van der Waals surface area contributed by atoms with E-state index in [-0.39, 0.29) is 17.0 Å². The Hall–Kier alpha value is -1.76. The zero-order valence-corrected chi connectivity index (χ0v) is 9.96. The van der Waals surface area contributed by atoms with Crippen LogP contribution < -0.4 is 15.8 Å². The van der Waals surface area contributed by atoms with Gasteiger partial charge in [-0.05, 0) is 17.7 Å². The van der Waals surface area contributed by atoms with Gasteiger partial charge in [0.2, 0.25) is 0 Å². The van der Waals surface area contributed by atoms with Crippen LogP contribution in [0.4, 0.5) is 13.2 Å². The molecule has 1 aromatic carbocycles. The Morgan fingerprint density at radius 3 is 2.84 bits per heavy atom. The Balaban J connectivity index is 2.27. The molecule has 1 amide bonds. The van der Waals surface area contributed by atoms with Gasteiger partial charge in [-0.15, -0.1) is 0 Å². The summed E-state index contributed by atoms with van der Waals surface area (Å²) in [5, 5.41) is 2.59. The lowest BCUT2D eigenvalue weighted by Crippen LogP contribution is -2.25. The zero-order valence-electron chi connectivity index (χ0n) is 9.96. The molecule has 1 aromatic rings. The van der Waals surface area contributed by atoms with Crippen LogP contribution in [0.3, 0.4) is 0 Å². The number of hydrogen-bond donors (Lipinski definition) is 2. The van der Waals surface area contributed by atoms with E-state index < -0.39 is 18.6 Å². The van der Waals surface area contributed by atoms with Crippen molar-refractivity contribution in [2.75, 3.05) is 13.2 Å². The number of carbonyl (C=O) groups excluding carboxylic acids is 1. The first-order valence-electron chi connectivity index (χ1n) is 5.74. The highest BCUT2D eigenvalue weighted by Gasteiger charge is 2.31. The van der Waals surface area contributed by atoms with Crippen LogP contribution in [0.5, 0.6) is 5.75 Å². The second-order valence-electron chi connectivity index (χ2n) is 4.29. The minimum atomic E-state index is -4.34. The lowest BCUT2D eigenvalue weighted by molar-refractivity contribution is -0.138. The lowest BCUT2D eigenvalue weighted by atomic mass is 10.0. The molecule has 3 N–H and O–H groups in total.